The SMILES string of the molecule is CCOc1ccc(CCCC2CCCN2)cc1C. The predicted octanol–water partition coefficient (Wildman–Crippen LogP) is 3.47. The highest BCUT2D eigenvalue weighted by molar-refractivity contribution is 5.36. The van der Waals surface area contributed by atoms with Gasteiger partial charge < -0.3 is 10.1 Å². The maximum absolute atomic E-state index is 5.57. The van der Waals surface area contributed by atoms with Crippen molar-refractivity contribution in [3.05, 3.63) is 29.3 Å². The van der Waals surface area contributed by atoms with Crippen molar-refractivity contribution >= 4 is 0 Å². The van der Waals surface area contributed by atoms with Gasteiger partial charge >= 0.3 is 0 Å². The molecule has 1 atom stereocenters. The first kappa shape index (κ1) is 13.4. The molecule has 0 bridgehead atoms. The Kier molecular flexibility index (Phi) is 5.06. The molecule has 100 valence electrons. The van der Waals surface area contributed by atoms with E-state index in [0.717, 1.165) is 18.4 Å². The molecule has 1 aliphatic heterocycles. The summed E-state index contributed by atoms with van der Waals surface area (Å²) in [5, 5.41) is 3.56. The second-order valence-corrected chi connectivity index (χ2v) is 5.22. The van der Waals surface area contributed by atoms with E-state index in [-0.39, 0.29) is 0 Å². The van der Waals surface area contributed by atoms with E-state index in [1.165, 1.54) is 49.8 Å². The molecule has 0 aliphatic carbocycles. The van der Waals surface area contributed by atoms with E-state index in [0.29, 0.717) is 0 Å². The van der Waals surface area contributed by atoms with E-state index < -0.39 is 0 Å². The van der Waals surface area contributed by atoms with Crippen molar-refractivity contribution in [3.8, 4) is 5.75 Å². The molecular formula is C16H25NO. The summed E-state index contributed by atoms with van der Waals surface area (Å²) in [6, 6.07) is 7.36. The number of hydrogen-bond donors (Lipinski definition) is 1. The monoisotopic (exact) mass is 247 g/mol. The van der Waals surface area contributed by atoms with Gasteiger partial charge in [0.1, 0.15) is 5.75 Å². The van der Waals surface area contributed by atoms with Gasteiger partial charge in [0.15, 0.2) is 0 Å². The molecular weight excluding hydrogens is 222 g/mol. The quantitative estimate of drug-likeness (QED) is 0.831. The summed E-state index contributed by atoms with van der Waals surface area (Å²) in [5.74, 6) is 1.03. The fourth-order valence-electron chi connectivity index (χ4n) is 2.74. The zero-order chi connectivity index (χ0) is 12.8. The minimum atomic E-state index is 0.744. The lowest BCUT2D eigenvalue weighted by molar-refractivity contribution is 0.338. The second-order valence-electron chi connectivity index (χ2n) is 5.22. The first-order valence-electron chi connectivity index (χ1n) is 7.25. The number of benzene rings is 1. The van der Waals surface area contributed by atoms with Crippen LogP contribution in [0, 0.1) is 6.92 Å². The molecule has 2 heteroatoms. The summed E-state index contributed by atoms with van der Waals surface area (Å²) < 4.78 is 5.57. The molecule has 1 aliphatic rings. The van der Waals surface area contributed by atoms with E-state index in [1.807, 2.05) is 6.92 Å². The Labute approximate surface area is 111 Å². The number of hydrogen-bond acceptors (Lipinski definition) is 2. The third-order valence-corrected chi connectivity index (χ3v) is 3.72. The topological polar surface area (TPSA) is 21.3 Å². The van der Waals surface area contributed by atoms with Crippen molar-refractivity contribution in [1.29, 1.82) is 0 Å². The van der Waals surface area contributed by atoms with Crippen molar-refractivity contribution in [1.82, 2.24) is 5.32 Å². The summed E-state index contributed by atoms with van der Waals surface area (Å²) in [5.41, 5.74) is 2.70. The lowest BCUT2D eigenvalue weighted by Crippen LogP contribution is -2.20. The largest absolute Gasteiger partial charge is 0.494 e. The van der Waals surface area contributed by atoms with Crippen LogP contribution in [0.2, 0.25) is 0 Å². The van der Waals surface area contributed by atoms with Gasteiger partial charge in [0, 0.05) is 6.04 Å². The molecule has 1 fully saturated rings. The van der Waals surface area contributed by atoms with Gasteiger partial charge in [0.05, 0.1) is 6.61 Å². The fourth-order valence-corrected chi connectivity index (χ4v) is 2.74. The summed E-state index contributed by atoms with van der Waals surface area (Å²) in [6.45, 7) is 6.12. The van der Waals surface area contributed by atoms with Gasteiger partial charge in [-0.2, -0.15) is 0 Å². The number of aryl methyl sites for hydroxylation is 2. The zero-order valence-electron chi connectivity index (χ0n) is 11.7. The van der Waals surface area contributed by atoms with Gasteiger partial charge in [-0.15, -0.1) is 0 Å². The maximum Gasteiger partial charge on any atom is 0.122 e. The van der Waals surface area contributed by atoms with Crippen LogP contribution < -0.4 is 10.1 Å². The van der Waals surface area contributed by atoms with Crippen molar-refractivity contribution < 1.29 is 4.74 Å². The molecule has 1 unspecified atom stereocenters. The summed E-state index contributed by atoms with van der Waals surface area (Å²) in [4.78, 5) is 0. The third-order valence-electron chi connectivity index (χ3n) is 3.72. The molecule has 0 radical (unpaired) electrons. The molecule has 2 rings (SSSR count). The van der Waals surface area contributed by atoms with Crippen molar-refractivity contribution in [2.75, 3.05) is 13.2 Å². The molecule has 1 N–H and O–H groups in total. The highest BCUT2D eigenvalue weighted by Gasteiger charge is 2.13. The Hall–Kier alpha value is -1.02. The Bertz CT molecular complexity index is 369. The molecule has 2 nitrogen and oxygen atoms in total. The number of nitrogens with one attached hydrogen (secondary N) is 1. The summed E-state index contributed by atoms with van der Waals surface area (Å²) in [6.07, 6.45) is 6.50. The van der Waals surface area contributed by atoms with Crippen molar-refractivity contribution in [2.24, 2.45) is 0 Å². The van der Waals surface area contributed by atoms with E-state index in [1.54, 1.807) is 0 Å². The Morgan fingerprint density at radius 2 is 2.28 bits per heavy atom. The number of rotatable bonds is 6. The first-order valence-corrected chi connectivity index (χ1v) is 7.25. The molecule has 1 aromatic carbocycles. The van der Waals surface area contributed by atoms with Crippen LogP contribution >= 0.6 is 0 Å². The van der Waals surface area contributed by atoms with E-state index >= 15 is 0 Å². The molecule has 0 saturated carbocycles. The molecule has 1 heterocycles. The third kappa shape index (κ3) is 3.74. The minimum absolute atomic E-state index is 0.744. The van der Waals surface area contributed by atoms with Crippen LogP contribution in [0.25, 0.3) is 0 Å². The van der Waals surface area contributed by atoms with E-state index in [9.17, 15) is 0 Å². The molecule has 0 amide bonds. The van der Waals surface area contributed by atoms with Crippen LogP contribution in [0.1, 0.15) is 43.7 Å². The normalized spacial score (nSPS) is 19.1. The van der Waals surface area contributed by atoms with E-state index in [2.05, 4.69) is 30.4 Å². The highest BCUT2D eigenvalue weighted by atomic mass is 16.5. The smallest absolute Gasteiger partial charge is 0.122 e. The standard InChI is InChI=1S/C16H25NO/c1-3-18-16-10-9-14(12-13(16)2)6-4-7-15-8-5-11-17-15/h9-10,12,15,17H,3-8,11H2,1-2H3. The Balaban J connectivity index is 1.80. The predicted molar refractivity (Wildman–Crippen MR) is 76.3 cm³/mol. The average Bonchev–Trinajstić information content (AvgIpc) is 2.86. The molecule has 0 spiro atoms. The van der Waals surface area contributed by atoms with Crippen molar-refractivity contribution in [3.63, 3.8) is 0 Å². The van der Waals surface area contributed by atoms with Gasteiger partial charge in [0.25, 0.3) is 0 Å². The molecule has 0 aromatic heterocycles. The van der Waals surface area contributed by atoms with Crippen LogP contribution in [0.3, 0.4) is 0 Å². The van der Waals surface area contributed by atoms with Crippen LogP contribution in [-0.2, 0) is 6.42 Å². The van der Waals surface area contributed by atoms with Gasteiger partial charge in [-0.25, -0.2) is 0 Å². The fraction of sp³-hybridized carbons (Fsp3) is 0.625. The van der Waals surface area contributed by atoms with Gasteiger partial charge in [-0.05, 0) is 69.7 Å². The van der Waals surface area contributed by atoms with Crippen LogP contribution in [0.5, 0.6) is 5.75 Å². The average molecular weight is 247 g/mol. The summed E-state index contributed by atoms with van der Waals surface area (Å²) >= 11 is 0. The Morgan fingerprint density at radius 1 is 1.39 bits per heavy atom. The minimum Gasteiger partial charge on any atom is -0.494 e. The van der Waals surface area contributed by atoms with Crippen LogP contribution in [0.4, 0.5) is 0 Å². The first-order chi connectivity index (χ1) is 8.79. The second kappa shape index (κ2) is 6.79. The maximum atomic E-state index is 5.57. The van der Waals surface area contributed by atoms with Crippen molar-refractivity contribution in [2.45, 2.75) is 52.0 Å². The lowest BCUT2D eigenvalue weighted by Gasteiger charge is -2.11. The van der Waals surface area contributed by atoms with Crippen LogP contribution in [-0.4, -0.2) is 19.2 Å². The Morgan fingerprint density at radius 3 is 2.94 bits per heavy atom. The van der Waals surface area contributed by atoms with Crippen LogP contribution in [0.15, 0.2) is 18.2 Å². The van der Waals surface area contributed by atoms with E-state index in [4.69, 9.17) is 4.74 Å². The van der Waals surface area contributed by atoms with Gasteiger partial charge in [-0.3, -0.25) is 0 Å². The lowest BCUT2D eigenvalue weighted by atomic mass is 10.0. The van der Waals surface area contributed by atoms with Gasteiger partial charge in [0.2, 0.25) is 0 Å². The summed E-state index contributed by atoms with van der Waals surface area (Å²) in [7, 11) is 0. The molecule has 1 aromatic rings. The number of ether oxygens (including phenoxy) is 1. The van der Waals surface area contributed by atoms with Gasteiger partial charge in [-0.1, -0.05) is 12.1 Å². The zero-order valence-corrected chi connectivity index (χ0v) is 11.7. The molecule has 18 heavy (non-hydrogen) atoms. The molecule has 1 saturated heterocycles. The highest BCUT2D eigenvalue weighted by Crippen LogP contribution is 2.21.